The Hall–Kier alpha value is -0.950. The molecule has 2 aliphatic heterocycles. The van der Waals surface area contributed by atoms with Crippen LogP contribution in [0.2, 0.25) is 0 Å². The van der Waals surface area contributed by atoms with E-state index in [0.29, 0.717) is 24.0 Å². The van der Waals surface area contributed by atoms with Gasteiger partial charge in [0.15, 0.2) is 0 Å². The molecule has 3 rings (SSSR count). The number of rotatable bonds is 4. The highest BCUT2D eigenvalue weighted by Gasteiger charge is 2.30. The highest BCUT2D eigenvalue weighted by molar-refractivity contribution is 7.89. The van der Waals surface area contributed by atoms with Gasteiger partial charge in [0.05, 0.1) is 4.90 Å². The van der Waals surface area contributed by atoms with Crippen molar-refractivity contribution < 1.29 is 8.42 Å². The molecule has 2 fully saturated rings. The van der Waals surface area contributed by atoms with Crippen LogP contribution in [0.4, 0.5) is 0 Å². The van der Waals surface area contributed by atoms with E-state index in [4.69, 9.17) is 0 Å². The van der Waals surface area contributed by atoms with Gasteiger partial charge in [0.25, 0.3) is 0 Å². The average molecular weight is 337 g/mol. The van der Waals surface area contributed by atoms with E-state index < -0.39 is 10.0 Å². The molecule has 0 radical (unpaired) electrons. The third-order valence-corrected chi connectivity index (χ3v) is 7.02. The van der Waals surface area contributed by atoms with Crippen molar-refractivity contribution in [2.75, 3.05) is 46.3 Å². The van der Waals surface area contributed by atoms with Gasteiger partial charge in [-0.05, 0) is 38.6 Å². The zero-order valence-corrected chi connectivity index (χ0v) is 14.7. The van der Waals surface area contributed by atoms with Crippen LogP contribution >= 0.6 is 0 Å². The van der Waals surface area contributed by atoms with Crippen LogP contribution in [0.1, 0.15) is 19.3 Å². The Kier molecular flexibility index (Phi) is 5.36. The summed E-state index contributed by atoms with van der Waals surface area (Å²) in [5.74, 6) is 0. The van der Waals surface area contributed by atoms with E-state index >= 15 is 0 Å². The molecule has 2 saturated heterocycles. The first kappa shape index (κ1) is 16.9. The Morgan fingerprint density at radius 1 is 1.00 bits per heavy atom. The fourth-order valence-electron chi connectivity index (χ4n) is 3.57. The molecule has 0 amide bonds. The van der Waals surface area contributed by atoms with Crippen molar-refractivity contribution in [1.82, 2.24) is 14.1 Å². The molecular weight excluding hydrogens is 310 g/mol. The molecule has 0 saturated carbocycles. The predicted octanol–water partition coefficient (Wildman–Crippen LogP) is 1.48. The standard InChI is InChI=1S/C17H27N3O2S/c1-18-10-6-5-7-16(18)15-19-11-13-20(14-12-19)23(21,22)17-8-3-2-4-9-17/h2-4,8-9,16H,5-7,10-15H2,1H3/t16-/m1/s1. The van der Waals surface area contributed by atoms with E-state index in [2.05, 4.69) is 16.8 Å². The lowest BCUT2D eigenvalue weighted by Gasteiger charge is -2.39. The lowest BCUT2D eigenvalue weighted by molar-refractivity contribution is 0.106. The summed E-state index contributed by atoms with van der Waals surface area (Å²) in [7, 11) is -1.12. The smallest absolute Gasteiger partial charge is 0.243 e. The number of hydrogen-bond acceptors (Lipinski definition) is 4. The summed E-state index contributed by atoms with van der Waals surface area (Å²) in [5.41, 5.74) is 0. The minimum atomic E-state index is -3.33. The molecule has 1 aromatic rings. The number of piperazine rings is 1. The van der Waals surface area contributed by atoms with E-state index in [-0.39, 0.29) is 0 Å². The molecule has 0 aromatic heterocycles. The minimum absolute atomic E-state index is 0.403. The second-order valence-corrected chi connectivity index (χ2v) is 8.59. The maximum Gasteiger partial charge on any atom is 0.243 e. The molecule has 1 atom stereocenters. The van der Waals surface area contributed by atoms with Crippen molar-refractivity contribution in [1.29, 1.82) is 0 Å². The molecular formula is C17H27N3O2S. The van der Waals surface area contributed by atoms with Crippen LogP contribution < -0.4 is 0 Å². The minimum Gasteiger partial charge on any atom is -0.302 e. The Labute approximate surface area is 139 Å². The molecule has 2 aliphatic rings. The normalized spacial score (nSPS) is 25.5. The first-order valence-corrected chi connectivity index (χ1v) is 9.99. The van der Waals surface area contributed by atoms with Crippen LogP contribution in [0.15, 0.2) is 35.2 Å². The molecule has 1 aromatic carbocycles. The SMILES string of the molecule is CN1CCCC[C@@H]1CN1CCN(S(=O)(=O)c2ccccc2)CC1. The maximum absolute atomic E-state index is 12.6. The highest BCUT2D eigenvalue weighted by Crippen LogP contribution is 2.19. The van der Waals surface area contributed by atoms with Gasteiger partial charge in [-0.1, -0.05) is 24.6 Å². The first-order chi connectivity index (χ1) is 11.1. The van der Waals surface area contributed by atoms with Crippen LogP contribution in [-0.4, -0.2) is 74.9 Å². The van der Waals surface area contributed by atoms with Crippen molar-refractivity contribution in [3.63, 3.8) is 0 Å². The molecule has 128 valence electrons. The summed E-state index contributed by atoms with van der Waals surface area (Å²) in [5, 5.41) is 0. The number of benzene rings is 1. The summed E-state index contributed by atoms with van der Waals surface area (Å²) >= 11 is 0. The number of piperidine rings is 1. The Balaban J connectivity index is 1.56. The van der Waals surface area contributed by atoms with Gasteiger partial charge in [-0.2, -0.15) is 4.31 Å². The molecule has 6 heteroatoms. The number of likely N-dealkylation sites (N-methyl/N-ethyl adjacent to an activating group) is 1. The molecule has 0 aliphatic carbocycles. The highest BCUT2D eigenvalue weighted by atomic mass is 32.2. The third kappa shape index (κ3) is 3.94. The van der Waals surface area contributed by atoms with Crippen LogP contribution in [0.3, 0.4) is 0 Å². The van der Waals surface area contributed by atoms with Gasteiger partial charge in [0.1, 0.15) is 0 Å². The number of hydrogen-bond donors (Lipinski definition) is 0. The average Bonchev–Trinajstić information content (AvgIpc) is 2.58. The van der Waals surface area contributed by atoms with Crippen molar-refractivity contribution in [2.24, 2.45) is 0 Å². The zero-order chi connectivity index (χ0) is 16.3. The van der Waals surface area contributed by atoms with Crippen LogP contribution in [0, 0.1) is 0 Å². The van der Waals surface area contributed by atoms with E-state index in [1.54, 1.807) is 28.6 Å². The Morgan fingerprint density at radius 2 is 1.70 bits per heavy atom. The maximum atomic E-state index is 12.6. The number of sulfonamides is 1. The quantitative estimate of drug-likeness (QED) is 0.835. The summed E-state index contributed by atoms with van der Waals surface area (Å²) < 4.78 is 26.9. The monoisotopic (exact) mass is 337 g/mol. The largest absolute Gasteiger partial charge is 0.302 e. The number of likely N-dealkylation sites (tertiary alicyclic amines) is 1. The van der Waals surface area contributed by atoms with Gasteiger partial charge in [-0.3, -0.25) is 4.90 Å². The fraction of sp³-hybridized carbons (Fsp3) is 0.647. The predicted molar refractivity (Wildman–Crippen MR) is 91.9 cm³/mol. The molecule has 5 nitrogen and oxygen atoms in total. The molecule has 0 spiro atoms. The Bertz CT molecular complexity index is 598. The van der Waals surface area contributed by atoms with E-state index in [1.807, 2.05) is 6.07 Å². The summed E-state index contributed by atoms with van der Waals surface area (Å²) in [6.07, 6.45) is 3.88. The van der Waals surface area contributed by atoms with Gasteiger partial charge in [0.2, 0.25) is 10.0 Å². The number of nitrogens with zero attached hydrogens (tertiary/aromatic N) is 3. The van der Waals surface area contributed by atoms with Gasteiger partial charge >= 0.3 is 0 Å². The zero-order valence-electron chi connectivity index (χ0n) is 13.9. The van der Waals surface area contributed by atoms with E-state index in [9.17, 15) is 8.42 Å². The van der Waals surface area contributed by atoms with Crippen molar-refractivity contribution in [3.05, 3.63) is 30.3 Å². The summed E-state index contributed by atoms with van der Waals surface area (Å²) in [6, 6.07) is 9.39. The molecule has 23 heavy (non-hydrogen) atoms. The topological polar surface area (TPSA) is 43.9 Å². The first-order valence-electron chi connectivity index (χ1n) is 8.55. The van der Waals surface area contributed by atoms with Crippen LogP contribution in [-0.2, 0) is 10.0 Å². The fourth-order valence-corrected chi connectivity index (χ4v) is 5.01. The molecule has 0 N–H and O–H groups in total. The van der Waals surface area contributed by atoms with Gasteiger partial charge in [-0.15, -0.1) is 0 Å². The van der Waals surface area contributed by atoms with Crippen molar-refractivity contribution in [3.8, 4) is 0 Å². The van der Waals surface area contributed by atoms with Crippen molar-refractivity contribution >= 4 is 10.0 Å². The summed E-state index contributed by atoms with van der Waals surface area (Å²) in [6.45, 7) is 5.09. The second kappa shape index (κ2) is 7.30. The van der Waals surface area contributed by atoms with Gasteiger partial charge < -0.3 is 4.90 Å². The molecule has 2 heterocycles. The Morgan fingerprint density at radius 3 is 2.35 bits per heavy atom. The molecule has 0 bridgehead atoms. The second-order valence-electron chi connectivity index (χ2n) is 6.65. The van der Waals surface area contributed by atoms with E-state index in [0.717, 1.165) is 19.6 Å². The third-order valence-electron chi connectivity index (χ3n) is 5.10. The lowest BCUT2D eigenvalue weighted by atomic mass is 10.0. The lowest BCUT2D eigenvalue weighted by Crippen LogP contribution is -2.52. The van der Waals surface area contributed by atoms with E-state index in [1.165, 1.54) is 25.8 Å². The van der Waals surface area contributed by atoms with Crippen LogP contribution in [0.25, 0.3) is 0 Å². The van der Waals surface area contributed by atoms with Gasteiger partial charge in [0, 0.05) is 38.8 Å². The molecule has 0 unspecified atom stereocenters. The van der Waals surface area contributed by atoms with Crippen LogP contribution in [0.5, 0.6) is 0 Å². The van der Waals surface area contributed by atoms with Gasteiger partial charge in [-0.25, -0.2) is 8.42 Å². The van der Waals surface area contributed by atoms with Crippen molar-refractivity contribution in [2.45, 2.75) is 30.2 Å². The summed E-state index contributed by atoms with van der Waals surface area (Å²) in [4.78, 5) is 5.28.